The molecule has 1 aliphatic carbocycles. The molecule has 1 heterocycles. The molecule has 1 atom stereocenters. The number of nitrogens with zero attached hydrogens (tertiary/aromatic N) is 1. The Morgan fingerprint density at radius 2 is 2.13 bits per heavy atom. The van der Waals surface area contributed by atoms with Crippen LogP contribution in [0.5, 0.6) is 0 Å². The van der Waals surface area contributed by atoms with Crippen LogP contribution in [0.2, 0.25) is 0 Å². The Morgan fingerprint density at radius 3 is 2.60 bits per heavy atom. The summed E-state index contributed by atoms with van der Waals surface area (Å²) in [5, 5.41) is 0. The molecule has 1 saturated carbocycles. The number of amides is 1. The third-order valence-electron chi connectivity index (χ3n) is 4.22. The predicted octanol–water partition coefficient (Wildman–Crippen LogP) is 1.52. The van der Waals surface area contributed by atoms with E-state index in [-0.39, 0.29) is 5.41 Å². The highest BCUT2D eigenvalue weighted by molar-refractivity contribution is 5.84. The van der Waals surface area contributed by atoms with Crippen molar-refractivity contribution in [1.82, 2.24) is 4.90 Å². The maximum atomic E-state index is 12.4. The van der Waals surface area contributed by atoms with E-state index >= 15 is 0 Å². The monoisotopic (exact) mass is 210 g/mol. The summed E-state index contributed by atoms with van der Waals surface area (Å²) < 4.78 is 0. The average molecular weight is 210 g/mol. The molecule has 2 N–H and O–H groups in total. The summed E-state index contributed by atoms with van der Waals surface area (Å²) in [4.78, 5) is 14.5. The number of hydrogen-bond donors (Lipinski definition) is 1. The zero-order chi connectivity index (χ0) is 10.9. The first-order valence-electron chi connectivity index (χ1n) is 6.21. The van der Waals surface area contributed by atoms with E-state index in [4.69, 9.17) is 5.73 Å². The molecular formula is C12H22N2O. The minimum atomic E-state index is -0.175. The van der Waals surface area contributed by atoms with Crippen molar-refractivity contribution < 1.29 is 4.79 Å². The van der Waals surface area contributed by atoms with Crippen molar-refractivity contribution in [3.63, 3.8) is 0 Å². The van der Waals surface area contributed by atoms with E-state index in [0.29, 0.717) is 18.5 Å². The van der Waals surface area contributed by atoms with Gasteiger partial charge in [0.05, 0.1) is 5.41 Å². The lowest BCUT2D eigenvalue weighted by Crippen LogP contribution is -2.55. The molecule has 2 rings (SSSR count). The molecule has 2 fully saturated rings. The molecule has 0 aromatic rings. The molecular weight excluding hydrogens is 188 g/mol. The summed E-state index contributed by atoms with van der Waals surface area (Å²) in [6, 6.07) is 0.426. The van der Waals surface area contributed by atoms with Crippen molar-refractivity contribution in [2.45, 2.75) is 51.5 Å². The molecule has 1 saturated heterocycles. The number of piperidine rings is 1. The third-order valence-corrected chi connectivity index (χ3v) is 4.22. The van der Waals surface area contributed by atoms with Gasteiger partial charge in [-0.2, -0.15) is 0 Å². The Kier molecular flexibility index (Phi) is 3.01. The summed E-state index contributed by atoms with van der Waals surface area (Å²) in [5.74, 6) is 0.337. The van der Waals surface area contributed by atoms with E-state index in [0.717, 1.165) is 32.2 Å². The van der Waals surface area contributed by atoms with Crippen LogP contribution in [0.15, 0.2) is 0 Å². The average Bonchev–Trinajstić information content (AvgIpc) is 2.17. The van der Waals surface area contributed by atoms with Gasteiger partial charge >= 0.3 is 0 Å². The number of nitrogens with two attached hydrogens (primary N) is 1. The fourth-order valence-electron chi connectivity index (χ4n) is 2.81. The molecule has 0 aromatic heterocycles. The van der Waals surface area contributed by atoms with E-state index in [2.05, 4.69) is 11.8 Å². The van der Waals surface area contributed by atoms with Gasteiger partial charge in [-0.1, -0.05) is 6.42 Å². The molecule has 3 heteroatoms. The zero-order valence-corrected chi connectivity index (χ0v) is 9.67. The largest absolute Gasteiger partial charge is 0.339 e. The maximum Gasteiger partial charge on any atom is 0.230 e. The van der Waals surface area contributed by atoms with Crippen LogP contribution in [0.4, 0.5) is 0 Å². The Balaban J connectivity index is 2.05. The molecule has 0 aromatic carbocycles. The number of carbonyl (C=O) groups is 1. The van der Waals surface area contributed by atoms with E-state index in [1.165, 1.54) is 12.8 Å². The van der Waals surface area contributed by atoms with Gasteiger partial charge in [0.2, 0.25) is 5.91 Å². The molecule has 1 aliphatic heterocycles. The van der Waals surface area contributed by atoms with Crippen LogP contribution in [0, 0.1) is 5.41 Å². The van der Waals surface area contributed by atoms with Gasteiger partial charge in [-0.25, -0.2) is 0 Å². The summed E-state index contributed by atoms with van der Waals surface area (Å²) in [6.45, 7) is 3.65. The van der Waals surface area contributed by atoms with Crippen molar-refractivity contribution in [2.75, 3.05) is 13.1 Å². The standard InChI is InChI=1S/C12H22N2O/c1-10-5-2-3-8-14(10)11(15)12(9-13)6-4-7-12/h10H,2-9,13H2,1H3. The highest BCUT2D eigenvalue weighted by atomic mass is 16.2. The van der Waals surface area contributed by atoms with Crippen LogP contribution >= 0.6 is 0 Å². The summed E-state index contributed by atoms with van der Waals surface area (Å²) >= 11 is 0. The van der Waals surface area contributed by atoms with Crippen LogP contribution in [-0.4, -0.2) is 29.9 Å². The summed E-state index contributed by atoms with van der Waals surface area (Å²) in [6.07, 6.45) is 6.77. The summed E-state index contributed by atoms with van der Waals surface area (Å²) in [7, 11) is 0. The topological polar surface area (TPSA) is 46.3 Å². The summed E-state index contributed by atoms with van der Waals surface area (Å²) in [5.41, 5.74) is 5.60. The second-order valence-corrected chi connectivity index (χ2v) is 5.18. The lowest BCUT2D eigenvalue weighted by molar-refractivity contribution is -0.150. The van der Waals surface area contributed by atoms with Crippen molar-refractivity contribution in [2.24, 2.45) is 11.1 Å². The number of rotatable bonds is 2. The van der Waals surface area contributed by atoms with Crippen LogP contribution in [0.3, 0.4) is 0 Å². The van der Waals surface area contributed by atoms with Gasteiger partial charge in [-0.3, -0.25) is 4.79 Å². The minimum absolute atomic E-state index is 0.175. The Morgan fingerprint density at radius 1 is 1.40 bits per heavy atom. The van der Waals surface area contributed by atoms with Gasteiger partial charge in [0.1, 0.15) is 0 Å². The quantitative estimate of drug-likeness (QED) is 0.751. The van der Waals surface area contributed by atoms with Crippen LogP contribution < -0.4 is 5.73 Å². The van der Waals surface area contributed by atoms with Crippen LogP contribution in [0.25, 0.3) is 0 Å². The van der Waals surface area contributed by atoms with E-state index in [1.54, 1.807) is 0 Å². The molecule has 0 spiro atoms. The number of carbonyl (C=O) groups excluding carboxylic acids is 1. The fourth-order valence-corrected chi connectivity index (χ4v) is 2.81. The predicted molar refractivity (Wildman–Crippen MR) is 60.4 cm³/mol. The Labute approximate surface area is 92.0 Å². The molecule has 0 radical (unpaired) electrons. The van der Waals surface area contributed by atoms with Crippen LogP contribution in [0.1, 0.15) is 45.4 Å². The normalized spacial score (nSPS) is 29.7. The zero-order valence-electron chi connectivity index (χ0n) is 9.67. The van der Waals surface area contributed by atoms with E-state index in [9.17, 15) is 4.79 Å². The molecule has 1 amide bonds. The number of likely N-dealkylation sites (tertiary alicyclic amines) is 1. The van der Waals surface area contributed by atoms with Gasteiger partial charge < -0.3 is 10.6 Å². The first kappa shape index (κ1) is 10.9. The second kappa shape index (κ2) is 4.12. The molecule has 86 valence electrons. The SMILES string of the molecule is CC1CCCCN1C(=O)C1(CN)CCC1. The van der Waals surface area contributed by atoms with Gasteiger partial charge in [-0.15, -0.1) is 0 Å². The maximum absolute atomic E-state index is 12.4. The fraction of sp³-hybridized carbons (Fsp3) is 0.917. The smallest absolute Gasteiger partial charge is 0.230 e. The molecule has 1 unspecified atom stereocenters. The van der Waals surface area contributed by atoms with Gasteiger partial charge in [0, 0.05) is 19.1 Å². The highest BCUT2D eigenvalue weighted by Crippen LogP contribution is 2.42. The van der Waals surface area contributed by atoms with Crippen molar-refractivity contribution in [3.05, 3.63) is 0 Å². The molecule has 3 nitrogen and oxygen atoms in total. The number of hydrogen-bond acceptors (Lipinski definition) is 2. The van der Waals surface area contributed by atoms with Crippen molar-refractivity contribution in [3.8, 4) is 0 Å². The minimum Gasteiger partial charge on any atom is -0.339 e. The molecule has 2 aliphatic rings. The van der Waals surface area contributed by atoms with Gasteiger partial charge in [-0.05, 0) is 39.0 Å². The molecule has 15 heavy (non-hydrogen) atoms. The highest BCUT2D eigenvalue weighted by Gasteiger charge is 2.46. The van der Waals surface area contributed by atoms with E-state index < -0.39 is 0 Å². The lowest BCUT2D eigenvalue weighted by Gasteiger charge is -2.45. The third kappa shape index (κ3) is 1.78. The van der Waals surface area contributed by atoms with Crippen molar-refractivity contribution in [1.29, 1.82) is 0 Å². The van der Waals surface area contributed by atoms with Crippen molar-refractivity contribution >= 4 is 5.91 Å². The first-order chi connectivity index (χ1) is 7.19. The Hall–Kier alpha value is -0.570. The molecule has 0 bridgehead atoms. The van der Waals surface area contributed by atoms with E-state index in [1.807, 2.05) is 0 Å². The second-order valence-electron chi connectivity index (χ2n) is 5.18. The van der Waals surface area contributed by atoms with Gasteiger partial charge in [0.25, 0.3) is 0 Å². The lowest BCUT2D eigenvalue weighted by atomic mass is 9.67. The van der Waals surface area contributed by atoms with Crippen LogP contribution in [-0.2, 0) is 4.79 Å². The first-order valence-corrected chi connectivity index (χ1v) is 6.21. The Bertz CT molecular complexity index is 242. The van der Waals surface area contributed by atoms with Gasteiger partial charge in [0.15, 0.2) is 0 Å².